The van der Waals surface area contributed by atoms with E-state index in [2.05, 4.69) is 56.9 Å². The molecule has 1 aromatic carbocycles. The Labute approximate surface area is 116 Å². The Morgan fingerprint density at radius 1 is 1.05 bits per heavy atom. The number of ether oxygens (including phenoxy) is 1. The van der Waals surface area contributed by atoms with Crippen molar-refractivity contribution < 1.29 is 4.74 Å². The van der Waals surface area contributed by atoms with Crippen LogP contribution >= 0.6 is 0 Å². The lowest BCUT2D eigenvalue weighted by Crippen LogP contribution is -2.57. The van der Waals surface area contributed by atoms with Crippen molar-refractivity contribution in [2.24, 2.45) is 5.73 Å². The molecule has 2 rings (SSSR count). The Bertz CT molecular complexity index is 419. The van der Waals surface area contributed by atoms with Crippen LogP contribution < -0.4 is 10.6 Å². The Balaban J connectivity index is 2.21. The number of nitrogens with zero attached hydrogens (tertiary/aromatic N) is 1. The molecule has 0 bridgehead atoms. The second-order valence-electron chi connectivity index (χ2n) is 6.86. The SMILES string of the molecule is C[C@@H](N)c1ccc(N2CC(C)(C)OC(C)(C)C2)cc1. The molecule has 3 heteroatoms. The molecule has 0 amide bonds. The Hall–Kier alpha value is -1.06. The van der Waals surface area contributed by atoms with E-state index in [4.69, 9.17) is 10.5 Å². The van der Waals surface area contributed by atoms with Crippen LogP contribution in [0.2, 0.25) is 0 Å². The van der Waals surface area contributed by atoms with Crippen LogP contribution in [0.3, 0.4) is 0 Å². The van der Waals surface area contributed by atoms with Gasteiger partial charge in [-0.1, -0.05) is 12.1 Å². The molecule has 19 heavy (non-hydrogen) atoms. The summed E-state index contributed by atoms with van der Waals surface area (Å²) >= 11 is 0. The van der Waals surface area contributed by atoms with Gasteiger partial charge in [0.25, 0.3) is 0 Å². The highest BCUT2D eigenvalue weighted by Crippen LogP contribution is 2.31. The first-order chi connectivity index (χ1) is 8.69. The molecule has 1 fully saturated rings. The fraction of sp³-hybridized carbons (Fsp3) is 0.625. The van der Waals surface area contributed by atoms with E-state index in [1.54, 1.807) is 0 Å². The van der Waals surface area contributed by atoms with Gasteiger partial charge in [-0.25, -0.2) is 0 Å². The summed E-state index contributed by atoms with van der Waals surface area (Å²) in [6, 6.07) is 8.66. The molecule has 1 saturated heterocycles. The quantitative estimate of drug-likeness (QED) is 0.890. The number of rotatable bonds is 2. The zero-order chi connectivity index (χ0) is 14.3. The van der Waals surface area contributed by atoms with Gasteiger partial charge in [-0.05, 0) is 52.3 Å². The van der Waals surface area contributed by atoms with Gasteiger partial charge in [0.2, 0.25) is 0 Å². The summed E-state index contributed by atoms with van der Waals surface area (Å²) in [5.74, 6) is 0. The molecule has 2 N–H and O–H groups in total. The number of hydrogen-bond donors (Lipinski definition) is 1. The molecule has 1 atom stereocenters. The number of anilines is 1. The third-order valence-electron chi connectivity index (χ3n) is 3.48. The standard InChI is InChI=1S/C16H26N2O/c1-12(17)13-6-8-14(9-7-13)18-10-15(2,3)19-16(4,5)11-18/h6-9,12H,10-11,17H2,1-5H3/t12-/m1/s1. The lowest BCUT2D eigenvalue weighted by atomic mass is 9.98. The van der Waals surface area contributed by atoms with E-state index in [1.165, 1.54) is 11.3 Å². The molecule has 106 valence electrons. The Morgan fingerprint density at radius 3 is 1.95 bits per heavy atom. The van der Waals surface area contributed by atoms with E-state index in [-0.39, 0.29) is 17.2 Å². The van der Waals surface area contributed by atoms with Gasteiger partial charge < -0.3 is 15.4 Å². The summed E-state index contributed by atoms with van der Waals surface area (Å²) in [5.41, 5.74) is 8.07. The van der Waals surface area contributed by atoms with Crippen LogP contribution in [0.5, 0.6) is 0 Å². The van der Waals surface area contributed by atoms with Crippen LogP contribution in [-0.2, 0) is 4.74 Å². The molecular weight excluding hydrogens is 236 g/mol. The van der Waals surface area contributed by atoms with Crippen LogP contribution in [-0.4, -0.2) is 24.3 Å². The van der Waals surface area contributed by atoms with Crippen molar-refractivity contribution in [3.63, 3.8) is 0 Å². The van der Waals surface area contributed by atoms with Gasteiger partial charge in [0.1, 0.15) is 0 Å². The largest absolute Gasteiger partial charge is 0.366 e. The van der Waals surface area contributed by atoms with Crippen molar-refractivity contribution in [2.75, 3.05) is 18.0 Å². The average molecular weight is 262 g/mol. The van der Waals surface area contributed by atoms with E-state index in [0.717, 1.165) is 13.1 Å². The smallest absolute Gasteiger partial charge is 0.0808 e. The van der Waals surface area contributed by atoms with Crippen molar-refractivity contribution in [3.8, 4) is 0 Å². The molecule has 3 nitrogen and oxygen atoms in total. The van der Waals surface area contributed by atoms with E-state index in [1.807, 2.05) is 6.92 Å². The van der Waals surface area contributed by atoms with Crippen molar-refractivity contribution in [3.05, 3.63) is 29.8 Å². The van der Waals surface area contributed by atoms with Crippen molar-refractivity contribution in [2.45, 2.75) is 51.9 Å². The summed E-state index contributed by atoms with van der Waals surface area (Å²) < 4.78 is 6.11. The van der Waals surface area contributed by atoms with Gasteiger partial charge in [0.15, 0.2) is 0 Å². The second-order valence-corrected chi connectivity index (χ2v) is 6.86. The summed E-state index contributed by atoms with van der Waals surface area (Å²) in [4.78, 5) is 2.40. The number of nitrogens with two attached hydrogens (primary N) is 1. The van der Waals surface area contributed by atoms with Crippen molar-refractivity contribution in [1.29, 1.82) is 0 Å². The highest BCUT2D eigenvalue weighted by atomic mass is 16.5. The minimum atomic E-state index is -0.123. The molecule has 1 aliphatic heterocycles. The summed E-state index contributed by atoms with van der Waals surface area (Å²) in [5, 5.41) is 0. The fourth-order valence-corrected chi connectivity index (χ4v) is 2.96. The lowest BCUT2D eigenvalue weighted by Gasteiger charge is -2.48. The highest BCUT2D eigenvalue weighted by molar-refractivity contribution is 5.49. The molecular formula is C16H26N2O. The van der Waals surface area contributed by atoms with Crippen LogP contribution in [0.15, 0.2) is 24.3 Å². The highest BCUT2D eigenvalue weighted by Gasteiger charge is 2.38. The molecule has 1 aromatic rings. The molecule has 1 heterocycles. The van der Waals surface area contributed by atoms with Crippen molar-refractivity contribution >= 4 is 5.69 Å². The molecule has 0 saturated carbocycles. The molecule has 0 aliphatic carbocycles. The van der Waals surface area contributed by atoms with E-state index in [9.17, 15) is 0 Å². The van der Waals surface area contributed by atoms with E-state index >= 15 is 0 Å². The van der Waals surface area contributed by atoms with Gasteiger partial charge in [-0.2, -0.15) is 0 Å². The first-order valence-corrected chi connectivity index (χ1v) is 6.99. The van der Waals surface area contributed by atoms with E-state index in [0.29, 0.717) is 0 Å². The maximum Gasteiger partial charge on any atom is 0.0808 e. The molecule has 1 aliphatic rings. The Morgan fingerprint density at radius 2 is 1.53 bits per heavy atom. The normalized spacial score (nSPS) is 23.2. The minimum Gasteiger partial charge on any atom is -0.366 e. The number of morpholine rings is 1. The minimum absolute atomic E-state index is 0.0895. The number of hydrogen-bond acceptors (Lipinski definition) is 3. The van der Waals surface area contributed by atoms with Gasteiger partial charge in [0, 0.05) is 24.8 Å². The molecule has 0 unspecified atom stereocenters. The second kappa shape index (κ2) is 4.80. The van der Waals surface area contributed by atoms with Crippen LogP contribution in [0.25, 0.3) is 0 Å². The topological polar surface area (TPSA) is 38.5 Å². The van der Waals surface area contributed by atoms with Gasteiger partial charge >= 0.3 is 0 Å². The summed E-state index contributed by atoms with van der Waals surface area (Å²) in [6.07, 6.45) is 0. The summed E-state index contributed by atoms with van der Waals surface area (Å²) in [6.45, 7) is 12.4. The molecule has 0 aromatic heterocycles. The van der Waals surface area contributed by atoms with Crippen LogP contribution in [0.1, 0.15) is 46.2 Å². The zero-order valence-corrected chi connectivity index (χ0v) is 12.7. The van der Waals surface area contributed by atoms with E-state index < -0.39 is 0 Å². The fourth-order valence-electron chi connectivity index (χ4n) is 2.96. The van der Waals surface area contributed by atoms with Gasteiger partial charge in [0.05, 0.1) is 11.2 Å². The third-order valence-corrected chi connectivity index (χ3v) is 3.48. The first-order valence-electron chi connectivity index (χ1n) is 6.99. The zero-order valence-electron chi connectivity index (χ0n) is 12.7. The predicted octanol–water partition coefficient (Wildman–Crippen LogP) is 3.10. The van der Waals surface area contributed by atoms with Crippen LogP contribution in [0.4, 0.5) is 5.69 Å². The van der Waals surface area contributed by atoms with Crippen molar-refractivity contribution in [1.82, 2.24) is 0 Å². The maximum atomic E-state index is 6.11. The maximum absolute atomic E-state index is 6.11. The van der Waals surface area contributed by atoms with Gasteiger partial charge in [-0.15, -0.1) is 0 Å². The monoisotopic (exact) mass is 262 g/mol. The summed E-state index contributed by atoms with van der Waals surface area (Å²) in [7, 11) is 0. The van der Waals surface area contributed by atoms with Gasteiger partial charge in [-0.3, -0.25) is 0 Å². The third kappa shape index (κ3) is 3.48. The predicted molar refractivity (Wildman–Crippen MR) is 80.5 cm³/mol. The Kier molecular flexibility index (Phi) is 3.63. The molecule has 0 radical (unpaired) electrons. The lowest BCUT2D eigenvalue weighted by molar-refractivity contribution is -0.133. The number of benzene rings is 1. The van der Waals surface area contributed by atoms with Crippen LogP contribution in [0, 0.1) is 0 Å². The first kappa shape index (κ1) is 14.4. The average Bonchev–Trinajstić information content (AvgIpc) is 2.25. The molecule has 0 spiro atoms.